The van der Waals surface area contributed by atoms with Gasteiger partial charge in [-0.3, -0.25) is 0 Å². The SMILES string of the molecule is Cc1cccc(C2=C(c3cccc(C)c3)N=NC2)c1. The van der Waals surface area contributed by atoms with Crippen molar-refractivity contribution in [1.29, 1.82) is 0 Å². The second-order valence-corrected chi connectivity index (χ2v) is 4.97. The van der Waals surface area contributed by atoms with Gasteiger partial charge < -0.3 is 0 Å². The van der Waals surface area contributed by atoms with E-state index in [1.54, 1.807) is 0 Å². The van der Waals surface area contributed by atoms with Crippen LogP contribution in [0.4, 0.5) is 0 Å². The molecule has 3 rings (SSSR count). The van der Waals surface area contributed by atoms with Crippen molar-refractivity contribution in [2.24, 2.45) is 10.2 Å². The Morgan fingerprint density at radius 1 is 0.842 bits per heavy atom. The lowest BCUT2D eigenvalue weighted by Gasteiger charge is -2.06. The van der Waals surface area contributed by atoms with Crippen LogP contribution in [0.3, 0.4) is 0 Å². The summed E-state index contributed by atoms with van der Waals surface area (Å²) < 4.78 is 0. The highest BCUT2D eigenvalue weighted by Crippen LogP contribution is 2.32. The van der Waals surface area contributed by atoms with E-state index in [4.69, 9.17) is 0 Å². The average Bonchev–Trinajstić information content (AvgIpc) is 2.88. The van der Waals surface area contributed by atoms with Crippen LogP contribution in [0.1, 0.15) is 22.3 Å². The first kappa shape index (κ1) is 11.8. The third kappa shape index (κ3) is 2.34. The molecule has 0 bridgehead atoms. The van der Waals surface area contributed by atoms with Crippen molar-refractivity contribution in [3.8, 4) is 0 Å². The zero-order valence-electron chi connectivity index (χ0n) is 11.2. The van der Waals surface area contributed by atoms with Crippen LogP contribution in [0.5, 0.6) is 0 Å². The molecule has 0 unspecified atom stereocenters. The van der Waals surface area contributed by atoms with E-state index in [1.807, 2.05) is 0 Å². The molecule has 2 aromatic carbocycles. The fourth-order valence-electron chi connectivity index (χ4n) is 2.40. The lowest BCUT2D eigenvalue weighted by Crippen LogP contribution is -1.90. The summed E-state index contributed by atoms with van der Waals surface area (Å²) in [6.07, 6.45) is 0. The second-order valence-electron chi connectivity index (χ2n) is 4.97. The van der Waals surface area contributed by atoms with Gasteiger partial charge in [-0.05, 0) is 25.5 Å². The number of aryl methyl sites for hydroxylation is 2. The van der Waals surface area contributed by atoms with E-state index in [0.29, 0.717) is 6.54 Å². The van der Waals surface area contributed by atoms with E-state index >= 15 is 0 Å². The van der Waals surface area contributed by atoms with E-state index < -0.39 is 0 Å². The summed E-state index contributed by atoms with van der Waals surface area (Å²) in [5.74, 6) is 0. The van der Waals surface area contributed by atoms with Gasteiger partial charge in [0.15, 0.2) is 0 Å². The van der Waals surface area contributed by atoms with Crippen molar-refractivity contribution in [3.05, 3.63) is 70.8 Å². The number of hydrogen-bond donors (Lipinski definition) is 0. The van der Waals surface area contributed by atoms with Gasteiger partial charge in [0.2, 0.25) is 0 Å². The van der Waals surface area contributed by atoms with Crippen LogP contribution in [0.25, 0.3) is 11.3 Å². The number of nitrogens with zero attached hydrogens (tertiary/aromatic N) is 2. The molecule has 0 saturated heterocycles. The lowest BCUT2D eigenvalue weighted by atomic mass is 9.98. The summed E-state index contributed by atoms with van der Waals surface area (Å²) in [7, 11) is 0. The molecule has 0 radical (unpaired) electrons. The molecule has 1 aliphatic heterocycles. The van der Waals surface area contributed by atoms with Crippen molar-refractivity contribution in [3.63, 3.8) is 0 Å². The molecule has 1 aliphatic rings. The number of benzene rings is 2. The Morgan fingerprint density at radius 2 is 1.47 bits per heavy atom. The van der Waals surface area contributed by atoms with Gasteiger partial charge in [0, 0.05) is 11.1 Å². The maximum Gasteiger partial charge on any atom is 0.0982 e. The first-order chi connectivity index (χ1) is 9.24. The Balaban J connectivity index is 2.12. The molecule has 0 N–H and O–H groups in total. The van der Waals surface area contributed by atoms with E-state index in [-0.39, 0.29) is 0 Å². The number of azo groups is 1. The van der Waals surface area contributed by atoms with Gasteiger partial charge in [-0.2, -0.15) is 10.2 Å². The third-order valence-corrected chi connectivity index (χ3v) is 3.34. The monoisotopic (exact) mass is 248 g/mol. The maximum absolute atomic E-state index is 4.34. The molecule has 0 aromatic heterocycles. The predicted molar refractivity (Wildman–Crippen MR) is 78.9 cm³/mol. The number of rotatable bonds is 2. The third-order valence-electron chi connectivity index (χ3n) is 3.34. The van der Waals surface area contributed by atoms with Crippen molar-refractivity contribution < 1.29 is 0 Å². The van der Waals surface area contributed by atoms with E-state index in [9.17, 15) is 0 Å². The molecular formula is C17H16N2. The largest absolute Gasteiger partial charge is 0.184 e. The molecule has 2 nitrogen and oxygen atoms in total. The molecule has 0 saturated carbocycles. The first-order valence-electron chi connectivity index (χ1n) is 6.49. The van der Waals surface area contributed by atoms with Crippen molar-refractivity contribution >= 4 is 11.3 Å². The van der Waals surface area contributed by atoms with Crippen LogP contribution >= 0.6 is 0 Å². The highest BCUT2D eigenvalue weighted by Gasteiger charge is 2.16. The van der Waals surface area contributed by atoms with Gasteiger partial charge in [-0.15, -0.1) is 0 Å². The minimum Gasteiger partial charge on any atom is -0.184 e. The summed E-state index contributed by atoms with van der Waals surface area (Å²) in [4.78, 5) is 0. The molecule has 0 amide bonds. The molecule has 0 fully saturated rings. The fourth-order valence-corrected chi connectivity index (χ4v) is 2.40. The summed E-state index contributed by atoms with van der Waals surface area (Å²) in [6, 6.07) is 17.0. The Bertz CT molecular complexity index is 681. The predicted octanol–water partition coefficient (Wildman–Crippen LogP) is 4.64. The Hall–Kier alpha value is -2.22. The summed E-state index contributed by atoms with van der Waals surface area (Å²) in [5.41, 5.74) is 7.11. The summed E-state index contributed by atoms with van der Waals surface area (Å²) in [6.45, 7) is 4.88. The summed E-state index contributed by atoms with van der Waals surface area (Å²) >= 11 is 0. The van der Waals surface area contributed by atoms with Crippen LogP contribution < -0.4 is 0 Å². The molecular weight excluding hydrogens is 232 g/mol. The Kier molecular flexibility index (Phi) is 3.00. The smallest absolute Gasteiger partial charge is 0.0982 e. The van der Waals surface area contributed by atoms with Crippen LogP contribution in [0.2, 0.25) is 0 Å². The molecule has 0 spiro atoms. The maximum atomic E-state index is 4.34. The summed E-state index contributed by atoms with van der Waals surface area (Å²) in [5, 5.41) is 8.55. The normalized spacial score (nSPS) is 14.2. The highest BCUT2D eigenvalue weighted by molar-refractivity contribution is 5.92. The fraction of sp³-hybridized carbons (Fsp3) is 0.176. The van der Waals surface area contributed by atoms with Crippen LogP contribution in [0, 0.1) is 13.8 Å². The van der Waals surface area contributed by atoms with Gasteiger partial charge >= 0.3 is 0 Å². The van der Waals surface area contributed by atoms with Gasteiger partial charge in [0.05, 0.1) is 12.2 Å². The van der Waals surface area contributed by atoms with Gasteiger partial charge in [0.1, 0.15) is 0 Å². The van der Waals surface area contributed by atoms with Crippen molar-refractivity contribution in [2.75, 3.05) is 6.54 Å². The molecule has 1 heterocycles. The Morgan fingerprint density at radius 3 is 2.16 bits per heavy atom. The molecule has 2 heteroatoms. The first-order valence-corrected chi connectivity index (χ1v) is 6.49. The van der Waals surface area contributed by atoms with Crippen LogP contribution in [-0.4, -0.2) is 6.54 Å². The van der Waals surface area contributed by atoms with E-state index in [1.165, 1.54) is 22.3 Å². The van der Waals surface area contributed by atoms with Crippen LogP contribution in [0.15, 0.2) is 58.8 Å². The van der Waals surface area contributed by atoms with Gasteiger partial charge in [-0.25, -0.2) is 0 Å². The number of hydrogen-bond acceptors (Lipinski definition) is 2. The molecule has 94 valence electrons. The van der Waals surface area contributed by atoms with E-state index in [2.05, 4.69) is 72.6 Å². The van der Waals surface area contributed by atoms with Crippen LogP contribution in [-0.2, 0) is 0 Å². The highest BCUT2D eigenvalue weighted by atomic mass is 15.1. The lowest BCUT2D eigenvalue weighted by molar-refractivity contribution is 1.15. The minimum atomic E-state index is 0.673. The zero-order chi connectivity index (χ0) is 13.2. The molecule has 2 aromatic rings. The van der Waals surface area contributed by atoms with Gasteiger partial charge in [0.25, 0.3) is 0 Å². The molecule has 19 heavy (non-hydrogen) atoms. The topological polar surface area (TPSA) is 24.7 Å². The molecule has 0 aliphatic carbocycles. The quantitative estimate of drug-likeness (QED) is 0.739. The second kappa shape index (κ2) is 4.81. The minimum absolute atomic E-state index is 0.673. The average molecular weight is 248 g/mol. The zero-order valence-corrected chi connectivity index (χ0v) is 11.2. The van der Waals surface area contributed by atoms with Gasteiger partial charge in [-0.1, -0.05) is 53.6 Å². The van der Waals surface area contributed by atoms with Crippen molar-refractivity contribution in [1.82, 2.24) is 0 Å². The van der Waals surface area contributed by atoms with E-state index in [0.717, 1.165) is 11.3 Å². The van der Waals surface area contributed by atoms with Crippen molar-refractivity contribution in [2.45, 2.75) is 13.8 Å². The standard InChI is InChI=1S/C17H16N2/c1-12-5-3-7-14(9-12)16-11-18-19-17(16)15-8-4-6-13(2)10-15/h3-10H,11H2,1-2H3. The molecule has 0 atom stereocenters. The Labute approximate surface area is 113 Å².